The summed E-state index contributed by atoms with van der Waals surface area (Å²) in [4.78, 5) is 25.5. The molecule has 144 valence electrons. The summed E-state index contributed by atoms with van der Waals surface area (Å²) >= 11 is 12.2. The summed E-state index contributed by atoms with van der Waals surface area (Å²) in [6, 6.07) is 11.6. The Balaban J connectivity index is 1.82. The molecule has 0 atom stereocenters. The van der Waals surface area contributed by atoms with Gasteiger partial charge in [0.15, 0.2) is 4.32 Å². The molecule has 6 nitrogen and oxygen atoms in total. The highest BCUT2D eigenvalue weighted by atomic mass is 35.5. The number of hydrazine groups is 1. The van der Waals surface area contributed by atoms with Gasteiger partial charge in [-0.2, -0.15) is 5.01 Å². The normalized spacial score (nSPS) is 15.1. The molecule has 1 fully saturated rings. The molecule has 3 rings (SSSR count). The van der Waals surface area contributed by atoms with Crippen LogP contribution in [0.15, 0.2) is 47.4 Å². The molecule has 0 aromatic heterocycles. The van der Waals surface area contributed by atoms with Gasteiger partial charge in [0, 0.05) is 16.1 Å². The van der Waals surface area contributed by atoms with Crippen LogP contribution in [0.1, 0.15) is 15.9 Å². The Bertz CT molecular complexity index is 976. The van der Waals surface area contributed by atoms with E-state index in [9.17, 15) is 9.59 Å². The monoisotopic (exact) mass is 434 g/mol. The molecular formula is C19H15ClN2O4S2. The minimum atomic E-state index is -0.465. The molecule has 0 bridgehead atoms. The number of nitrogens with zero attached hydrogens (tertiary/aromatic N) is 1. The fourth-order valence-corrected chi connectivity index (χ4v) is 3.72. The summed E-state index contributed by atoms with van der Waals surface area (Å²) in [5, 5.41) is 1.56. The Hall–Kier alpha value is -2.55. The first-order chi connectivity index (χ1) is 13.4. The second-order valence-electron chi connectivity index (χ2n) is 5.57. The van der Waals surface area contributed by atoms with E-state index in [0.29, 0.717) is 32.6 Å². The maximum Gasteiger partial charge on any atom is 0.285 e. The number of nitrogens with one attached hydrogen (secondary N) is 1. The maximum atomic E-state index is 12.7. The third kappa shape index (κ3) is 4.30. The van der Waals surface area contributed by atoms with Gasteiger partial charge in [0.25, 0.3) is 11.8 Å². The molecule has 1 N–H and O–H groups in total. The average Bonchev–Trinajstić information content (AvgIpc) is 2.95. The van der Waals surface area contributed by atoms with Crippen molar-refractivity contribution in [2.75, 3.05) is 14.2 Å². The predicted octanol–water partition coefficient (Wildman–Crippen LogP) is 3.90. The molecular weight excluding hydrogens is 420 g/mol. The predicted molar refractivity (Wildman–Crippen MR) is 113 cm³/mol. The number of ether oxygens (including phenoxy) is 2. The number of methoxy groups -OCH3 is 2. The van der Waals surface area contributed by atoms with Crippen molar-refractivity contribution in [3.8, 4) is 11.5 Å². The highest BCUT2D eigenvalue weighted by Gasteiger charge is 2.34. The van der Waals surface area contributed by atoms with Crippen molar-refractivity contribution < 1.29 is 19.1 Å². The first-order valence-corrected chi connectivity index (χ1v) is 9.59. The lowest BCUT2D eigenvalue weighted by molar-refractivity contribution is -0.123. The standard InChI is InChI=1S/C19H15ClN2O4S2/c1-25-14-7-8-15(26-2)12(9-14)10-16-18(24)22(19(27)28-16)21-17(23)11-3-5-13(20)6-4-11/h3-10H,1-2H3,(H,21,23)/b16-10+. The summed E-state index contributed by atoms with van der Waals surface area (Å²) in [7, 11) is 3.09. The van der Waals surface area contributed by atoms with Gasteiger partial charge in [-0.05, 0) is 60.8 Å². The highest BCUT2D eigenvalue weighted by Crippen LogP contribution is 2.34. The number of halogens is 1. The van der Waals surface area contributed by atoms with Gasteiger partial charge in [0.1, 0.15) is 11.5 Å². The van der Waals surface area contributed by atoms with Crippen LogP contribution in [0.4, 0.5) is 0 Å². The molecule has 0 spiro atoms. The number of thiocarbonyl (C=S) groups is 1. The Kier molecular flexibility index (Phi) is 6.23. The summed E-state index contributed by atoms with van der Waals surface area (Å²) in [6.45, 7) is 0. The smallest absolute Gasteiger partial charge is 0.285 e. The lowest BCUT2D eigenvalue weighted by Crippen LogP contribution is -2.44. The zero-order chi connectivity index (χ0) is 20.3. The van der Waals surface area contributed by atoms with Crippen molar-refractivity contribution in [1.82, 2.24) is 10.4 Å². The number of thioether (sulfide) groups is 1. The summed E-state index contributed by atoms with van der Waals surface area (Å²) in [6.07, 6.45) is 1.65. The van der Waals surface area contributed by atoms with Crippen LogP contribution in [0.5, 0.6) is 11.5 Å². The molecule has 28 heavy (non-hydrogen) atoms. The lowest BCUT2D eigenvalue weighted by Gasteiger charge is -2.15. The third-order valence-corrected chi connectivity index (χ3v) is 5.39. The van der Waals surface area contributed by atoms with E-state index < -0.39 is 11.8 Å². The first kappa shape index (κ1) is 20.2. The largest absolute Gasteiger partial charge is 0.497 e. The van der Waals surface area contributed by atoms with E-state index in [2.05, 4.69) is 5.43 Å². The molecule has 0 radical (unpaired) electrons. The number of hydrogen-bond acceptors (Lipinski definition) is 6. The molecule has 9 heteroatoms. The van der Waals surface area contributed by atoms with E-state index in [-0.39, 0.29) is 4.32 Å². The first-order valence-electron chi connectivity index (χ1n) is 7.99. The molecule has 1 aliphatic rings. The van der Waals surface area contributed by atoms with Crippen LogP contribution >= 0.6 is 35.6 Å². The van der Waals surface area contributed by atoms with Crippen LogP contribution < -0.4 is 14.9 Å². The van der Waals surface area contributed by atoms with E-state index in [0.717, 1.165) is 16.8 Å². The summed E-state index contributed by atoms with van der Waals surface area (Å²) in [5.41, 5.74) is 3.54. The SMILES string of the molecule is COc1ccc(OC)c(/C=C2/SC(=S)N(NC(=O)c3ccc(Cl)cc3)C2=O)c1. The summed E-state index contributed by atoms with van der Waals surface area (Å²) in [5.74, 6) is 0.310. The Morgan fingerprint density at radius 1 is 1.18 bits per heavy atom. The molecule has 0 unspecified atom stereocenters. The van der Waals surface area contributed by atoms with Crippen molar-refractivity contribution >= 4 is 57.8 Å². The van der Waals surface area contributed by atoms with Crippen molar-refractivity contribution in [1.29, 1.82) is 0 Å². The number of rotatable bonds is 5. The minimum absolute atomic E-state index is 0.223. The van der Waals surface area contributed by atoms with Crippen molar-refractivity contribution in [2.24, 2.45) is 0 Å². The highest BCUT2D eigenvalue weighted by molar-refractivity contribution is 8.26. The van der Waals surface area contributed by atoms with E-state index >= 15 is 0 Å². The number of amides is 2. The van der Waals surface area contributed by atoms with Crippen LogP contribution in [0.2, 0.25) is 5.02 Å². The van der Waals surface area contributed by atoms with Crippen LogP contribution in [0.25, 0.3) is 6.08 Å². The molecule has 1 aliphatic heterocycles. The molecule has 2 aromatic rings. The van der Waals surface area contributed by atoms with Gasteiger partial charge in [-0.1, -0.05) is 23.4 Å². The van der Waals surface area contributed by atoms with Gasteiger partial charge in [0.05, 0.1) is 19.1 Å². The molecule has 2 aromatic carbocycles. The third-order valence-electron chi connectivity index (χ3n) is 3.84. The minimum Gasteiger partial charge on any atom is -0.497 e. The Labute approximate surface area is 176 Å². The topological polar surface area (TPSA) is 67.9 Å². The Morgan fingerprint density at radius 3 is 2.54 bits per heavy atom. The second kappa shape index (κ2) is 8.64. The van der Waals surface area contributed by atoms with Gasteiger partial charge in [-0.3, -0.25) is 15.0 Å². The van der Waals surface area contributed by atoms with Crippen molar-refractivity contribution in [3.05, 3.63) is 63.5 Å². The van der Waals surface area contributed by atoms with Gasteiger partial charge in [-0.15, -0.1) is 0 Å². The van der Waals surface area contributed by atoms with Crippen LogP contribution in [-0.2, 0) is 4.79 Å². The van der Waals surface area contributed by atoms with E-state index in [4.69, 9.17) is 33.3 Å². The molecule has 2 amide bonds. The van der Waals surface area contributed by atoms with Gasteiger partial charge in [0.2, 0.25) is 0 Å². The van der Waals surface area contributed by atoms with Crippen molar-refractivity contribution in [3.63, 3.8) is 0 Å². The molecule has 1 heterocycles. The number of benzene rings is 2. The second-order valence-corrected chi connectivity index (χ2v) is 7.69. The molecule has 0 aliphatic carbocycles. The van der Waals surface area contributed by atoms with E-state index in [1.807, 2.05) is 0 Å². The van der Waals surface area contributed by atoms with Crippen LogP contribution in [0, 0.1) is 0 Å². The maximum absolute atomic E-state index is 12.7. The fraction of sp³-hybridized carbons (Fsp3) is 0.105. The number of hydrogen-bond donors (Lipinski definition) is 1. The van der Waals surface area contributed by atoms with Crippen LogP contribution in [0.3, 0.4) is 0 Å². The zero-order valence-electron chi connectivity index (χ0n) is 14.9. The Morgan fingerprint density at radius 2 is 1.89 bits per heavy atom. The quantitative estimate of drug-likeness (QED) is 0.568. The van der Waals surface area contributed by atoms with E-state index in [1.165, 1.54) is 7.11 Å². The number of carbonyl (C=O) groups excluding carboxylic acids is 2. The summed E-state index contributed by atoms with van der Waals surface area (Å²) < 4.78 is 10.8. The van der Waals surface area contributed by atoms with Gasteiger partial charge >= 0.3 is 0 Å². The van der Waals surface area contributed by atoms with Crippen molar-refractivity contribution in [2.45, 2.75) is 0 Å². The lowest BCUT2D eigenvalue weighted by atomic mass is 10.1. The van der Waals surface area contributed by atoms with E-state index in [1.54, 1.807) is 55.7 Å². The van der Waals surface area contributed by atoms with Crippen LogP contribution in [-0.4, -0.2) is 35.4 Å². The molecule has 1 saturated heterocycles. The zero-order valence-corrected chi connectivity index (χ0v) is 17.3. The van der Waals surface area contributed by atoms with Gasteiger partial charge < -0.3 is 9.47 Å². The number of carbonyl (C=O) groups is 2. The molecule has 0 saturated carbocycles. The average molecular weight is 435 g/mol. The van der Waals surface area contributed by atoms with Gasteiger partial charge in [-0.25, -0.2) is 0 Å². The fourth-order valence-electron chi connectivity index (χ4n) is 2.42.